The minimum Gasteiger partial charge on any atom is -0.364 e. The molecule has 1 amide bonds. The molecule has 2 heterocycles. The highest BCUT2D eigenvalue weighted by molar-refractivity contribution is 6.45. The third kappa shape index (κ3) is 3.68. The second kappa shape index (κ2) is 7.58. The molecule has 0 spiro atoms. The number of hydrogen-bond acceptors (Lipinski definition) is 7. The number of aromatic nitrogens is 1. The largest absolute Gasteiger partial charge is 0.364 e. The Morgan fingerprint density at radius 3 is 2.93 bits per heavy atom. The van der Waals surface area contributed by atoms with E-state index in [1.54, 1.807) is 0 Å². The summed E-state index contributed by atoms with van der Waals surface area (Å²) < 4.78 is 29.9. The molecule has 7 N–H and O–H groups in total. The van der Waals surface area contributed by atoms with E-state index in [1.807, 2.05) is 42.1 Å². The van der Waals surface area contributed by atoms with Crippen molar-refractivity contribution in [1.29, 1.82) is 0 Å². The van der Waals surface area contributed by atoms with Crippen molar-refractivity contribution in [2.24, 2.45) is 23.6 Å². The fourth-order valence-corrected chi connectivity index (χ4v) is 3.81. The molecule has 1 aromatic heterocycles. The van der Waals surface area contributed by atoms with Crippen LogP contribution < -0.4 is 27.7 Å². The monoisotopic (exact) mass is 418 g/mol. The van der Waals surface area contributed by atoms with Gasteiger partial charge in [-0.05, 0) is 31.0 Å². The van der Waals surface area contributed by atoms with Gasteiger partial charge in [-0.25, -0.2) is 24.9 Å². The maximum absolute atomic E-state index is 14.0. The second-order valence-electron chi connectivity index (χ2n) is 7.54. The van der Waals surface area contributed by atoms with E-state index in [1.165, 1.54) is 11.3 Å². The van der Waals surface area contributed by atoms with Crippen LogP contribution in [0.3, 0.4) is 0 Å². The summed E-state index contributed by atoms with van der Waals surface area (Å²) in [5.74, 6) is -3.68. The second-order valence-corrected chi connectivity index (χ2v) is 7.54. The van der Waals surface area contributed by atoms with Crippen LogP contribution in [0.4, 0.5) is 14.5 Å². The predicted molar refractivity (Wildman–Crippen MR) is 110 cm³/mol. The van der Waals surface area contributed by atoms with E-state index >= 15 is 0 Å². The van der Waals surface area contributed by atoms with Crippen LogP contribution in [0, 0.1) is 0 Å². The van der Waals surface area contributed by atoms with Crippen molar-refractivity contribution in [2.75, 3.05) is 5.32 Å². The van der Waals surface area contributed by atoms with Crippen molar-refractivity contribution in [3.8, 4) is 0 Å². The molecule has 0 bridgehead atoms. The Morgan fingerprint density at radius 1 is 1.37 bits per heavy atom. The number of anilines is 1. The van der Waals surface area contributed by atoms with Crippen LogP contribution in [0.25, 0.3) is 10.9 Å². The molecule has 2 aromatic rings. The van der Waals surface area contributed by atoms with Crippen LogP contribution in [0.5, 0.6) is 0 Å². The Hall–Kier alpha value is -3.18. The van der Waals surface area contributed by atoms with Crippen molar-refractivity contribution >= 4 is 28.2 Å². The highest BCUT2D eigenvalue weighted by atomic mass is 19.3. The van der Waals surface area contributed by atoms with Gasteiger partial charge in [-0.1, -0.05) is 6.07 Å². The summed E-state index contributed by atoms with van der Waals surface area (Å²) in [6.07, 6.45) is 4.05. The van der Waals surface area contributed by atoms with Crippen LogP contribution in [-0.4, -0.2) is 39.3 Å². The summed E-state index contributed by atoms with van der Waals surface area (Å²) in [7, 11) is 1.93. The number of hydrogen-bond donors (Lipinski definition) is 5. The fraction of sp³-hybridized carbons (Fsp3) is 0.368. The Bertz CT molecular complexity index is 1030. The molecule has 160 valence electrons. The number of alkyl halides is 2. The first kappa shape index (κ1) is 20.1. The molecule has 1 aliphatic carbocycles. The average Bonchev–Trinajstić information content (AvgIpc) is 3.08. The summed E-state index contributed by atoms with van der Waals surface area (Å²) in [6, 6.07) is 5.66. The van der Waals surface area contributed by atoms with Crippen LogP contribution >= 0.6 is 0 Å². The first-order chi connectivity index (χ1) is 14.3. The van der Waals surface area contributed by atoms with E-state index in [2.05, 4.69) is 21.4 Å². The minimum atomic E-state index is -2.94. The Kier molecular flexibility index (Phi) is 5.08. The number of nitrogens with zero attached hydrogens (tertiary/aromatic N) is 3. The van der Waals surface area contributed by atoms with Crippen molar-refractivity contribution in [3.63, 3.8) is 0 Å². The number of hydrazone groups is 1. The molecular weight excluding hydrogens is 394 g/mol. The zero-order chi connectivity index (χ0) is 21.5. The van der Waals surface area contributed by atoms with Gasteiger partial charge in [-0.3, -0.25) is 4.79 Å². The lowest BCUT2D eigenvalue weighted by Crippen LogP contribution is -2.62. The van der Waals surface area contributed by atoms with E-state index in [-0.39, 0.29) is 12.1 Å². The molecule has 1 aliphatic heterocycles. The number of benzene rings is 1. The maximum Gasteiger partial charge on any atom is 0.271 e. The number of carbonyl (C=O) groups excluding carboxylic acids is 1. The topological polar surface area (TPSA) is 126 Å². The van der Waals surface area contributed by atoms with Crippen molar-refractivity contribution in [1.82, 2.24) is 20.6 Å². The number of rotatable bonds is 5. The van der Waals surface area contributed by atoms with Crippen molar-refractivity contribution < 1.29 is 13.6 Å². The van der Waals surface area contributed by atoms with Gasteiger partial charge in [-0.15, -0.1) is 0 Å². The van der Waals surface area contributed by atoms with E-state index in [9.17, 15) is 13.6 Å². The minimum absolute atomic E-state index is 0.0146. The van der Waals surface area contributed by atoms with Gasteiger partial charge in [0.15, 0.2) is 5.71 Å². The molecule has 11 heteroatoms. The smallest absolute Gasteiger partial charge is 0.271 e. The summed E-state index contributed by atoms with van der Waals surface area (Å²) in [5, 5.41) is 9.42. The van der Waals surface area contributed by atoms with Crippen LogP contribution in [-0.2, 0) is 11.8 Å². The molecule has 4 rings (SSSR count). The number of hydrazine groups is 2. The van der Waals surface area contributed by atoms with Gasteiger partial charge < -0.3 is 21.4 Å². The number of aryl methyl sites for hydroxylation is 1. The molecule has 9 nitrogen and oxygen atoms in total. The van der Waals surface area contributed by atoms with E-state index < -0.39 is 23.9 Å². The molecule has 1 saturated carbocycles. The molecule has 1 aromatic carbocycles. The van der Waals surface area contributed by atoms with Gasteiger partial charge in [0, 0.05) is 42.3 Å². The molecule has 2 aliphatic rings. The molecule has 0 unspecified atom stereocenters. The van der Waals surface area contributed by atoms with E-state index in [0.717, 1.165) is 16.6 Å². The third-order valence-electron chi connectivity index (χ3n) is 5.46. The number of amides is 1. The van der Waals surface area contributed by atoms with Gasteiger partial charge >= 0.3 is 0 Å². The molecule has 2 atom stereocenters. The number of primary amides is 1. The predicted octanol–water partition coefficient (Wildman–Crippen LogP) is 1.11. The summed E-state index contributed by atoms with van der Waals surface area (Å²) in [4.78, 5) is 11.9. The van der Waals surface area contributed by atoms with E-state index in [0.29, 0.717) is 18.5 Å². The van der Waals surface area contributed by atoms with E-state index in [4.69, 9.17) is 11.5 Å². The van der Waals surface area contributed by atoms with Crippen molar-refractivity contribution in [3.05, 3.63) is 42.4 Å². The highest BCUT2D eigenvalue weighted by Gasteiger charge is 2.45. The van der Waals surface area contributed by atoms with Crippen LogP contribution in [0.2, 0.25) is 0 Å². The van der Waals surface area contributed by atoms with Crippen LogP contribution in [0.15, 0.2) is 47.5 Å². The van der Waals surface area contributed by atoms with Gasteiger partial charge in [0.2, 0.25) is 0 Å². The Balaban J connectivity index is 1.59. The van der Waals surface area contributed by atoms with Gasteiger partial charge in [-0.2, -0.15) is 5.10 Å². The molecule has 0 radical (unpaired) electrons. The lowest BCUT2D eigenvalue weighted by molar-refractivity contribution is -0.112. The molecule has 1 fully saturated rings. The normalized spacial score (nSPS) is 23.5. The fourth-order valence-electron chi connectivity index (χ4n) is 3.81. The standard InChI is InChI=1S/C19H24F2N8O/c1-28-9-7-11-12(4-2-6-15(11)28)24-14-10-29(27-25-16(14)18(23)30)26-13-5-3-8-19(20,21)17(13)22/h2,4,6-7,9-10,13,17,24,26-27H,3,5,8,22H2,1H3,(H2,23,30)/t13-,17-/m1/s1. The lowest BCUT2D eigenvalue weighted by atomic mass is 9.88. The lowest BCUT2D eigenvalue weighted by Gasteiger charge is -2.38. The zero-order valence-corrected chi connectivity index (χ0v) is 16.4. The van der Waals surface area contributed by atoms with Crippen molar-refractivity contribution in [2.45, 2.75) is 37.3 Å². The number of halogens is 2. The Morgan fingerprint density at radius 2 is 2.17 bits per heavy atom. The first-order valence-electron chi connectivity index (χ1n) is 9.61. The highest BCUT2D eigenvalue weighted by Crippen LogP contribution is 2.32. The summed E-state index contributed by atoms with van der Waals surface area (Å²) >= 11 is 0. The Labute approximate surface area is 171 Å². The molecule has 30 heavy (non-hydrogen) atoms. The van der Waals surface area contributed by atoms with Gasteiger partial charge in [0.1, 0.15) is 0 Å². The van der Waals surface area contributed by atoms with Gasteiger partial charge in [0.25, 0.3) is 11.8 Å². The van der Waals surface area contributed by atoms with Crippen LogP contribution in [0.1, 0.15) is 19.3 Å². The number of fused-ring (bicyclic) bond motifs is 1. The maximum atomic E-state index is 14.0. The average molecular weight is 418 g/mol. The third-order valence-corrected chi connectivity index (χ3v) is 5.46. The number of nitrogens with one attached hydrogen (secondary N) is 3. The molecule has 0 saturated heterocycles. The SMILES string of the molecule is Cn1ccc2c(NC3=CN(N[C@@H]4CCCC(F)(F)[C@@H]4N)NN=C3C(N)=O)cccc21. The quantitative estimate of drug-likeness (QED) is 0.495. The number of carbonyl (C=O) groups is 1. The summed E-state index contributed by atoms with van der Waals surface area (Å²) in [5.41, 5.74) is 18.8. The number of nitrogens with two attached hydrogens (primary N) is 2. The summed E-state index contributed by atoms with van der Waals surface area (Å²) in [6.45, 7) is 0. The molecular formula is C19H24F2N8O. The zero-order valence-electron chi connectivity index (χ0n) is 16.4. The first-order valence-corrected chi connectivity index (χ1v) is 9.61. The van der Waals surface area contributed by atoms with Gasteiger partial charge in [0.05, 0.1) is 17.9 Å².